The summed E-state index contributed by atoms with van der Waals surface area (Å²) in [5, 5.41) is 18.7. The second-order valence-electron chi connectivity index (χ2n) is 9.79. The molecule has 6 rings (SSSR count). The molecule has 10 heteroatoms. The number of nitrogens with one attached hydrogen (secondary N) is 2. The number of hydrogen-bond acceptors (Lipinski definition) is 6. The first-order valence-electron chi connectivity index (χ1n) is 12.2. The van der Waals surface area contributed by atoms with Crippen LogP contribution in [0, 0.1) is 0 Å². The molecular weight excluding hydrogens is 472 g/mol. The van der Waals surface area contributed by atoms with Crippen molar-refractivity contribution >= 4 is 28.7 Å². The Kier molecular flexibility index (Phi) is 5.15. The number of H-pyrrole nitrogens is 1. The van der Waals surface area contributed by atoms with Crippen LogP contribution in [-0.4, -0.2) is 67.3 Å². The number of rotatable bonds is 6. The van der Waals surface area contributed by atoms with E-state index in [9.17, 15) is 14.7 Å². The molecule has 4 heterocycles. The number of phenols is 1. The van der Waals surface area contributed by atoms with Crippen molar-refractivity contribution in [2.45, 2.75) is 24.9 Å². The maximum absolute atomic E-state index is 13.9. The molecule has 10 nitrogen and oxygen atoms in total. The van der Waals surface area contributed by atoms with Gasteiger partial charge in [-0.05, 0) is 48.4 Å². The zero-order chi connectivity index (χ0) is 25.9. The van der Waals surface area contributed by atoms with Gasteiger partial charge in [0.05, 0.1) is 7.11 Å². The lowest BCUT2D eigenvalue weighted by atomic mass is 9.81. The highest BCUT2D eigenvalue weighted by Crippen LogP contribution is 2.49. The summed E-state index contributed by atoms with van der Waals surface area (Å²) in [6, 6.07) is 13.5. The predicted octanol–water partition coefficient (Wildman–Crippen LogP) is 3.40. The van der Waals surface area contributed by atoms with Gasteiger partial charge < -0.3 is 20.1 Å². The first kappa shape index (κ1) is 23.0. The Morgan fingerprint density at radius 3 is 2.78 bits per heavy atom. The zero-order valence-corrected chi connectivity index (χ0v) is 20.9. The summed E-state index contributed by atoms with van der Waals surface area (Å²) in [6.45, 7) is 2.41. The van der Waals surface area contributed by atoms with Crippen LogP contribution in [0.1, 0.15) is 29.8 Å². The second kappa shape index (κ2) is 8.29. The molecule has 0 spiro atoms. The van der Waals surface area contributed by atoms with Gasteiger partial charge in [0, 0.05) is 55.4 Å². The van der Waals surface area contributed by atoms with E-state index in [2.05, 4.69) is 15.4 Å². The molecule has 0 aliphatic carbocycles. The van der Waals surface area contributed by atoms with Crippen LogP contribution in [0.2, 0.25) is 0 Å². The Balaban J connectivity index is 1.42. The number of nitrogens with zero attached hydrogens (tertiary/aromatic N) is 4. The van der Waals surface area contributed by atoms with Crippen LogP contribution in [0.5, 0.6) is 11.5 Å². The van der Waals surface area contributed by atoms with Gasteiger partial charge in [0.25, 0.3) is 5.91 Å². The summed E-state index contributed by atoms with van der Waals surface area (Å²) in [5.74, 6) is 1.25. The molecule has 0 saturated carbocycles. The Labute approximate surface area is 213 Å². The molecule has 37 heavy (non-hydrogen) atoms. The van der Waals surface area contributed by atoms with E-state index in [1.165, 1.54) is 4.90 Å². The van der Waals surface area contributed by atoms with Gasteiger partial charge in [-0.2, -0.15) is 5.10 Å². The minimum atomic E-state index is -1.09. The van der Waals surface area contributed by atoms with Gasteiger partial charge in [-0.1, -0.05) is 12.1 Å². The van der Waals surface area contributed by atoms with Crippen molar-refractivity contribution in [2.24, 2.45) is 7.05 Å². The number of carbonyl (C=O) groups excluding carboxylic acids is 2. The van der Waals surface area contributed by atoms with Gasteiger partial charge in [0.2, 0.25) is 0 Å². The number of amides is 3. The monoisotopic (exact) mass is 500 g/mol. The van der Waals surface area contributed by atoms with Crippen LogP contribution in [0.3, 0.4) is 0 Å². The van der Waals surface area contributed by atoms with E-state index in [0.717, 1.165) is 27.7 Å². The molecular formula is C27H28N6O4. The first-order valence-corrected chi connectivity index (χ1v) is 12.2. The molecule has 0 radical (unpaired) electrons. The van der Waals surface area contributed by atoms with Crippen LogP contribution in [0.25, 0.3) is 10.9 Å². The minimum absolute atomic E-state index is 0.0958. The SMILES string of the molecule is COc1ccc2[nH]c3c(c2c1)C[C@@]1(C)C(=O)N(CCNc2ccn(C)n2)C(=O)N1[C@@H]3c1cccc(O)c1. The largest absolute Gasteiger partial charge is 0.508 e. The van der Waals surface area contributed by atoms with Crippen molar-refractivity contribution < 1.29 is 19.4 Å². The van der Waals surface area contributed by atoms with E-state index in [0.29, 0.717) is 24.5 Å². The first-order chi connectivity index (χ1) is 17.8. The average molecular weight is 501 g/mol. The Hall–Kier alpha value is -4.47. The molecule has 2 aliphatic heterocycles. The number of urea groups is 1. The maximum Gasteiger partial charge on any atom is 0.328 e. The molecule has 2 aromatic carbocycles. The molecule has 0 unspecified atom stereocenters. The second-order valence-corrected chi connectivity index (χ2v) is 9.79. The van der Waals surface area contributed by atoms with Crippen molar-refractivity contribution in [3.05, 3.63) is 71.5 Å². The van der Waals surface area contributed by atoms with E-state index in [1.807, 2.05) is 50.5 Å². The topological polar surface area (TPSA) is 116 Å². The van der Waals surface area contributed by atoms with Crippen molar-refractivity contribution in [2.75, 3.05) is 25.5 Å². The van der Waals surface area contributed by atoms with Gasteiger partial charge in [-0.3, -0.25) is 19.3 Å². The lowest BCUT2D eigenvalue weighted by Gasteiger charge is -2.42. The molecule has 2 aromatic heterocycles. The van der Waals surface area contributed by atoms with Crippen molar-refractivity contribution in [3.63, 3.8) is 0 Å². The fourth-order valence-electron chi connectivity index (χ4n) is 5.66. The third-order valence-corrected chi connectivity index (χ3v) is 7.41. The average Bonchev–Trinajstić information content (AvgIpc) is 3.51. The highest BCUT2D eigenvalue weighted by atomic mass is 16.5. The quantitative estimate of drug-likeness (QED) is 0.350. The number of carbonyl (C=O) groups is 2. The summed E-state index contributed by atoms with van der Waals surface area (Å²) in [6.07, 6.45) is 2.18. The van der Waals surface area contributed by atoms with E-state index in [4.69, 9.17) is 4.74 Å². The normalized spacial score (nSPS) is 20.9. The summed E-state index contributed by atoms with van der Waals surface area (Å²) in [5.41, 5.74) is 2.33. The standard InChI is InChI=1S/C27H28N6O4/c1-27-15-20-19-14-18(37-3)7-8-21(19)29-23(20)24(16-5-4-6-17(34)13-16)33(27)26(36)32(25(27)35)12-10-28-22-9-11-31(2)30-22/h4-9,11,13-14,24,29,34H,10,12,15H2,1-3H3,(H,28,30)/t24-,27+/m1/s1. The summed E-state index contributed by atoms with van der Waals surface area (Å²) in [7, 11) is 3.45. The number of hydrogen-bond donors (Lipinski definition) is 3. The Morgan fingerprint density at radius 2 is 2.05 bits per heavy atom. The molecule has 1 saturated heterocycles. The number of ether oxygens (including phenoxy) is 1. The number of phenolic OH excluding ortho intramolecular Hbond substituents is 1. The van der Waals surface area contributed by atoms with Crippen molar-refractivity contribution in [1.29, 1.82) is 0 Å². The highest BCUT2D eigenvalue weighted by Gasteiger charge is 2.60. The number of methoxy groups -OCH3 is 1. The maximum atomic E-state index is 13.9. The lowest BCUT2D eigenvalue weighted by Crippen LogP contribution is -2.53. The summed E-state index contributed by atoms with van der Waals surface area (Å²) in [4.78, 5) is 34.3. The van der Waals surface area contributed by atoms with Crippen LogP contribution in [0.15, 0.2) is 54.7 Å². The van der Waals surface area contributed by atoms with Crippen LogP contribution in [0.4, 0.5) is 10.6 Å². The van der Waals surface area contributed by atoms with Crippen molar-refractivity contribution in [3.8, 4) is 11.5 Å². The number of fused-ring (bicyclic) bond motifs is 4. The van der Waals surface area contributed by atoms with Crippen molar-refractivity contribution in [1.82, 2.24) is 24.6 Å². The smallest absolute Gasteiger partial charge is 0.328 e. The lowest BCUT2D eigenvalue weighted by molar-refractivity contribution is -0.133. The van der Waals surface area contributed by atoms with Gasteiger partial charge >= 0.3 is 6.03 Å². The zero-order valence-electron chi connectivity index (χ0n) is 20.9. The van der Waals surface area contributed by atoms with E-state index >= 15 is 0 Å². The molecule has 2 aliphatic rings. The molecule has 190 valence electrons. The van der Waals surface area contributed by atoms with Crippen LogP contribution >= 0.6 is 0 Å². The van der Waals surface area contributed by atoms with Gasteiger partial charge in [0.15, 0.2) is 0 Å². The number of aromatic nitrogens is 3. The third kappa shape index (κ3) is 3.51. The highest BCUT2D eigenvalue weighted by molar-refractivity contribution is 6.08. The van der Waals surface area contributed by atoms with Gasteiger partial charge in [-0.15, -0.1) is 0 Å². The number of aromatic amines is 1. The van der Waals surface area contributed by atoms with Crippen LogP contribution < -0.4 is 10.1 Å². The van der Waals surface area contributed by atoms with Gasteiger partial charge in [0.1, 0.15) is 28.9 Å². The Morgan fingerprint density at radius 1 is 1.22 bits per heavy atom. The molecule has 1 fully saturated rings. The van der Waals surface area contributed by atoms with E-state index < -0.39 is 11.6 Å². The molecule has 4 aromatic rings. The number of imide groups is 1. The number of aromatic hydroxyl groups is 1. The van der Waals surface area contributed by atoms with Crippen LogP contribution in [-0.2, 0) is 18.3 Å². The number of benzene rings is 2. The minimum Gasteiger partial charge on any atom is -0.508 e. The molecule has 2 atom stereocenters. The fraction of sp³-hybridized carbons (Fsp3) is 0.296. The fourth-order valence-corrected chi connectivity index (χ4v) is 5.66. The number of aryl methyl sites for hydroxylation is 1. The summed E-state index contributed by atoms with van der Waals surface area (Å²) < 4.78 is 7.14. The molecule has 0 bridgehead atoms. The molecule has 3 N–H and O–H groups in total. The van der Waals surface area contributed by atoms with Gasteiger partial charge in [-0.25, -0.2) is 4.79 Å². The Bertz CT molecular complexity index is 1540. The van der Waals surface area contributed by atoms with E-state index in [-0.39, 0.29) is 24.2 Å². The summed E-state index contributed by atoms with van der Waals surface area (Å²) >= 11 is 0. The number of anilines is 1. The third-order valence-electron chi connectivity index (χ3n) is 7.41. The predicted molar refractivity (Wildman–Crippen MR) is 138 cm³/mol. The van der Waals surface area contributed by atoms with E-state index in [1.54, 1.807) is 34.9 Å². The molecule has 3 amide bonds.